The number of hydrogen-bond acceptors (Lipinski definition) is 2. The number of benzene rings is 1. The molecule has 0 aliphatic carbocycles. The number of hydrogen-bond donors (Lipinski definition) is 0. The molecular formula is C17H26NO2+. The van der Waals surface area contributed by atoms with E-state index in [2.05, 4.69) is 44.2 Å². The summed E-state index contributed by atoms with van der Waals surface area (Å²) in [6.07, 6.45) is 5.12. The Kier molecular flexibility index (Phi) is 4.11. The van der Waals surface area contributed by atoms with Gasteiger partial charge in [-0.15, -0.1) is 0 Å². The van der Waals surface area contributed by atoms with Gasteiger partial charge in [-0.3, -0.25) is 0 Å². The van der Waals surface area contributed by atoms with Crippen LogP contribution in [0, 0.1) is 0 Å². The summed E-state index contributed by atoms with van der Waals surface area (Å²) in [5.41, 5.74) is 1.37. The van der Waals surface area contributed by atoms with Crippen LogP contribution >= 0.6 is 0 Å². The largest absolute Gasteiger partial charge is 0.345 e. The Morgan fingerprint density at radius 3 is 2.80 bits per heavy atom. The zero-order valence-corrected chi connectivity index (χ0v) is 12.6. The Balaban J connectivity index is 1.76. The van der Waals surface area contributed by atoms with Gasteiger partial charge < -0.3 is 4.74 Å². The Hall–Kier alpha value is -0.900. The highest BCUT2D eigenvalue weighted by molar-refractivity contribution is 5.13. The fourth-order valence-electron chi connectivity index (χ4n) is 3.65. The van der Waals surface area contributed by atoms with Crippen LogP contribution in [0.2, 0.25) is 0 Å². The van der Waals surface area contributed by atoms with Crippen molar-refractivity contribution in [2.24, 2.45) is 0 Å². The van der Waals surface area contributed by atoms with Crippen molar-refractivity contribution in [3.63, 3.8) is 0 Å². The van der Waals surface area contributed by atoms with Crippen LogP contribution in [0.3, 0.4) is 0 Å². The summed E-state index contributed by atoms with van der Waals surface area (Å²) < 4.78 is 6.71. The molecule has 1 aromatic rings. The number of quaternary nitrogens is 1. The summed E-state index contributed by atoms with van der Waals surface area (Å²) in [5, 5.41) is 0. The minimum atomic E-state index is -0.0261. The van der Waals surface area contributed by atoms with Gasteiger partial charge in [0, 0.05) is 12.0 Å². The summed E-state index contributed by atoms with van der Waals surface area (Å²) in [4.78, 5) is 6.38. The quantitative estimate of drug-likeness (QED) is 0.782. The summed E-state index contributed by atoms with van der Waals surface area (Å²) in [6, 6.07) is 11.3. The second kappa shape index (κ2) is 5.84. The van der Waals surface area contributed by atoms with Gasteiger partial charge in [0.1, 0.15) is 19.1 Å². The maximum Gasteiger partial charge on any atom is 0.221 e. The van der Waals surface area contributed by atoms with Crippen molar-refractivity contribution >= 4 is 0 Å². The lowest BCUT2D eigenvalue weighted by Crippen LogP contribution is -2.52. The van der Waals surface area contributed by atoms with Crippen molar-refractivity contribution < 1.29 is 14.2 Å². The highest BCUT2D eigenvalue weighted by Gasteiger charge is 2.51. The van der Waals surface area contributed by atoms with E-state index in [1.165, 1.54) is 24.8 Å². The molecule has 20 heavy (non-hydrogen) atoms. The average molecular weight is 276 g/mol. The van der Waals surface area contributed by atoms with Crippen LogP contribution in [0.25, 0.3) is 0 Å². The molecule has 0 bridgehead atoms. The number of hydroxylamine groups is 3. The van der Waals surface area contributed by atoms with E-state index in [4.69, 9.17) is 9.57 Å². The van der Waals surface area contributed by atoms with E-state index < -0.39 is 0 Å². The lowest BCUT2D eigenvalue weighted by atomic mass is 9.98. The highest BCUT2D eigenvalue weighted by Crippen LogP contribution is 2.39. The molecule has 3 nitrogen and oxygen atoms in total. The molecule has 2 saturated heterocycles. The molecule has 3 rings (SSSR count). The molecule has 0 spiro atoms. The van der Waals surface area contributed by atoms with Crippen molar-refractivity contribution in [2.45, 2.75) is 64.5 Å². The second-order valence-corrected chi connectivity index (χ2v) is 6.42. The molecule has 3 atom stereocenters. The molecule has 2 aliphatic rings. The smallest absolute Gasteiger partial charge is 0.221 e. The van der Waals surface area contributed by atoms with Gasteiger partial charge in [-0.2, -0.15) is 9.48 Å². The van der Waals surface area contributed by atoms with Gasteiger partial charge in [0.2, 0.25) is 6.29 Å². The minimum absolute atomic E-state index is 0.0261. The van der Waals surface area contributed by atoms with Gasteiger partial charge in [-0.1, -0.05) is 30.3 Å². The number of ether oxygens (including phenoxy) is 1. The highest BCUT2D eigenvalue weighted by atomic mass is 16.8. The van der Waals surface area contributed by atoms with Crippen molar-refractivity contribution in [2.75, 3.05) is 6.54 Å². The van der Waals surface area contributed by atoms with E-state index in [0.717, 1.165) is 24.2 Å². The molecule has 0 radical (unpaired) electrons. The van der Waals surface area contributed by atoms with Gasteiger partial charge in [0.25, 0.3) is 0 Å². The molecule has 0 amide bonds. The lowest BCUT2D eigenvalue weighted by Gasteiger charge is -2.39. The van der Waals surface area contributed by atoms with Gasteiger partial charge in [0.05, 0.1) is 12.5 Å². The molecule has 2 aliphatic heterocycles. The third-order valence-corrected chi connectivity index (χ3v) is 4.50. The monoisotopic (exact) mass is 276 g/mol. The standard InChI is InChI=1S/C17H26NO2/c1-14(2)19-17-12-16-10-6-7-11-18(16,20-17)13-15-8-4-3-5-9-15/h3-5,8-9,14,16-17H,6-7,10-13H2,1-2H3/q+1/t16-,17-,18?/m1/s1. The molecule has 1 aromatic carbocycles. The SMILES string of the molecule is CC(C)O[C@H]1C[C@H]2CCCC[N+]2(Cc2ccccc2)O1. The van der Waals surface area contributed by atoms with Crippen LogP contribution in [-0.2, 0) is 16.1 Å². The lowest BCUT2D eigenvalue weighted by molar-refractivity contribution is -1.13. The van der Waals surface area contributed by atoms with Crippen LogP contribution < -0.4 is 0 Å². The van der Waals surface area contributed by atoms with E-state index in [0.29, 0.717) is 6.04 Å². The first-order valence-corrected chi connectivity index (χ1v) is 7.92. The first-order valence-electron chi connectivity index (χ1n) is 7.92. The molecule has 0 aromatic heterocycles. The fraction of sp³-hybridized carbons (Fsp3) is 0.647. The van der Waals surface area contributed by atoms with Crippen LogP contribution in [0.5, 0.6) is 0 Å². The zero-order valence-electron chi connectivity index (χ0n) is 12.6. The molecule has 1 unspecified atom stereocenters. The van der Waals surface area contributed by atoms with Crippen LogP contribution in [0.4, 0.5) is 0 Å². The van der Waals surface area contributed by atoms with E-state index in [1.807, 2.05) is 0 Å². The van der Waals surface area contributed by atoms with Crippen LogP contribution in [-0.4, -0.2) is 29.6 Å². The first kappa shape index (κ1) is 14.1. The fourth-order valence-corrected chi connectivity index (χ4v) is 3.65. The summed E-state index contributed by atoms with van der Waals surface area (Å²) in [6.45, 7) is 6.27. The van der Waals surface area contributed by atoms with E-state index >= 15 is 0 Å². The molecular weight excluding hydrogens is 250 g/mol. The Labute approximate surface area is 122 Å². The Morgan fingerprint density at radius 1 is 1.25 bits per heavy atom. The molecule has 2 heterocycles. The van der Waals surface area contributed by atoms with Gasteiger partial charge in [-0.05, 0) is 26.7 Å². The predicted molar refractivity (Wildman–Crippen MR) is 78.6 cm³/mol. The maximum absolute atomic E-state index is 6.38. The maximum atomic E-state index is 6.38. The third kappa shape index (κ3) is 2.90. The normalized spacial score (nSPS) is 33.4. The zero-order chi connectivity index (χ0) is 14.0. The molecule has 110 valence electrons. The molecule has 2 fully saturated rings. The van der Waals surface area contributed by atoms with E-state index in [-0.39, 0.29) is 12.4 Å². The number of piperidine rings is 1. The molecule has 0 N–H and O–H groups in total. The van der Waals surface area contributed by atoms with Gasteiger partial charge in [0.15, 0.2) is 0 Å². The predicted octanol–water partition coefficient (Wildman–Crippen LogP) is 3.64. The summed E-state index contributed by atoms with van der Waals surface area (Å²) >= 11 is 0. The number of nitrogens with zero attached hydrogens (tertiary/aromatic N) is 1. The van der Waals surface area contributed by atoms with Crippen LogP contribution in [0.1, 0.15) is 45.1 Å². The van der Waals surface area contributed by atoms with Crippen LogP contribution in [0.15, 0.2) is 30.3 Å². The van der Waals surface area contributed by atoms with E-state index in [1.54, 1.807) is 0 Å². The van der Waals surface area contributed by atoms with Gasteiger partial charge >= 0.3 is 0 Å². The Bertz CT molecular complexity index is 434. The number of rotatable bonds is 4. The summed E-state index contributed by atoms with van der Waals surface area (Å²) in [7, 11) is 0. The van der Waals surface area contributed by atoms with Crippen molar-refractivity contribution in [3.8, 4) is 0 Å². The first-order chi connectivity index (χ1) is 9.68. The third-order valence-electron chi connectivity index (χ3n) is 4.50. The second-order valence-electron chi connectivity index (χ2n) is 6.42. The van der Waals surface area contributed by atoms with Crippen molar-refractivity contribution in [3.05, 3.63) is 35.9 Å². The molecule has 0 saturated carbocycles. The topological polar surface area (TPSA) is 18.5 Å². The minimum Gasteiger partial charge on any atom is -0.345 e. The Morgan fingerprint density at radius 2 is 2.05 bits per heavy atom. The number of fused-ring (bicyclic) bond motifs is 1. The average Bonchev–Trinajstić information content (AvgIpc) is 2.76. The van der Waals surface area contributed by atoms with E-state index in [9.17, 15) is 0 Å². The molecule has 3 heteroatoms. The van der Waals surface area contributed by atoms with Crippen molar-refractivity contribution in [1.29, 1.82) is 0 Å². The van der Waals surface area contributed by atoms with Crippen molar-refractivity contribution in [1.82, 2.24) is 0 Å². The summed E-state index contributed by atoms with van der Waals surface area (Å²) in [5.74, 6) is 0. The van der Waals surface area contributed by atoms with Gasteiger partial charge in [-0.25, -0.2) is 0 Å².